The van der Waals surface area contributed by atoms with E-state index >= 15 is 0 Å². The molecule has 0 aromatic heterocycles. The van der Waals surface area contributed by atoms with Gasteiger partial charge in [0.1, 0.15) is 0 Å². The van der Waals surface area contributed by atoms with Gasteiger partial charge in [0.25, 0.3) is 0 Å². The molecule has 3 rings (SSSR count). The Bertz CT molecular complexity index is 669. The molecule has 1 fully saturated rings. The van der Waals surface area contributed by atoms with E-state index in [-0.39, 0.29) is 0 Å². The lowest BCUT2D eigenvalue weighted by Crippen LogP contribution is -2.37. The van der Waals surface area contributed by atoms with Crippen LogP contribution in [-0.2, 0) is 10.2 Å². The highest BCUT2D eigenvalue weighted by atomic mass is 16.5. The van der Waals surface area contributed by atoms with Gasteiger partial charge in [0.15, 0.2) is 0 Å². The van der Waals surface area contributed by atoms with Crippen LogP contribution in [0, 0.1) is 11.3 Å². The molecule has 1 atom stereocenters. The summed E-state index contributed by atoms with van der Waals surface area (Å²) in [4.78, 5) is 0. The lowest BCUT2D eigenvalue weighted by Gasteiger charge is -2.26. The van der Waals surface area contributed by atoms with Gasteiger partial charge in [-0.3, -0.25) is 0 Å². The van der Waals surface area contributed by atoms with Gasteiger partial charge in [0, 0.05) is 37.6 Å². The zero-order valence-electron chi connectivity index (χ0n) is 15.2. The first kappa shape index (κ1) is 17.8. The van der Waals surface area contributed by atoms with Gasteiger partial charge in [0.05, 0.1) is 24.1 Å². The van der Waals surface area contributed by atoms with E-state index in [1.54, 1.807) is 0 Å². The molecule has 1 saturated heterocycles. The number of rotatable bonds is 6. The first-order valence-corrected chi connectivity index (χ1v) is 9.10. The summed E-state index contributed by atoms with van der Waals surface area (Å²) in [5.41, 5.74) is 4.36. The van der Waals surface area contributed by atoms with E-state index in [9.17, 15) is 5.26 Å². The Hall–Kier alpha value is -2.03. The fraction of sp³-hybridized carbons (Fsp3) is 0.550. The quantitative estimate of drug-likeness (QED) is 0.742. The molecule has 25 heavy (non-hydrogen) atoms. The zero-order valence-corrected chi connectivity index (χ0v) is 15.2. The fourth-order valence-corrected chi connectivity index (χ4v) is 3.27. The first-order valence-electron chi connectivity index (χ1n) is 9.10. The topological polar surface area (TPSA) is 69.1 Å². The van der Waals surface area contributed by atoms with E-state index in [1.165, 1.54) is 11.3 Å². The van der Waals surface area contributed by atoms with Crippen LogP contribution >= 0.6 is 0 Å². The Labute approximate surface area is 150 Å². The minimum absolute atomic E-state index is 0.447. The summed E-state index contributed by atoms with van der Waals surface area (Å²) in [7, 11) is 0. The van der Waals surface area contributed by atoms with Gasteiger partial charge in [-0.05, 0) is 50.0 Å². The van der Waals surface area contributed by atoms with E-state index in [1.807, 2.05) is 26.0 Å². The molecule has 2 heterocycles. The molecule has 3 N–H and O–H groups in total. The van der Waals surface area contributed by atoms with Crippen molar-refractivity contribution >= 4 is 5.69 Å². The van der Waals surface area contributed by atoms with Crippen LogP contribution in [-0.4, -0.2) is 38.9 Å². The predicted molar refractivity (Wildman–Crippen MR) is 100 cm³/mol. The third-order valence-electron chi connectivity index (χ3n) is 4.99. The average Bonchev–Trinajstić information content (AvgIpc) is 3.14. The molecule has 0 bridgehead atoms. The van der Waals surface area contributed by atoms with Gasteiger partial charge >= 0.3 is 0 Å². The summed E-state index contributed by atoms with van der Waals surface area (Å²) < 4.78 is 5.48. The maximum absolute atomic E-state index is 9.34. The lowest BCUT2D eigenvalue weighted by molar-refractivity contribution is 0.191. The lowest BCUT2D eigenvalue weighted by atomic mass is 9.86. The molecule has 5 heteroatoms. The number of anilines is 1. The molecule has 1 unspecified atom stereocenters. The van der Waals surface area contributed by atoms with Crippen molar-refractivity contribution in [3.8, 4) is 6.07 Å². The Morgan fingerprint density at radius 1 is 1.40 bits per heavy atom. The zero-order chi connectivity index (χ0) is 17.7. The van der Waals surface area contributed by atoms with Gasteiger partial charge < -0.3 is 20.7 Å². The highest BCUT2D eigenvalue weighted by Crippen LogP contribution is 2.25. The van der Waals surface area contributed by atoms with Crippen molar-refractivity contribution < 1.29 is 4.74 Å². The second kappa shape index (κ2) is 7.90. The number of hydrogen-bond acceptors (Lipinski definition) is 5. The van der Waals surface area contributed by atoms with Crippen molar-refractivity contribution in [1.82, 2.24) is 10.6 Å². The summed E-state index contributed by atoms with van der Waals surface area (Å²) >= 11 is 0. The van der Waals surface area contributed by atoms with Crippen molar-refractivity contribution in [3.05, 3.63) is 41.1 Å². The number of ether oxygens (including phenoxy) is 1. The molecule has 2 aliphatic rings. The van der Waals surface area contributed by atoms with Crippen molar-refractivity contribution in [3.63, 3.8) is 0 Å². The number of benzene rings is 1. The third kappa shape index (κ3) is 4.53. The standard InChI is InChI=1S/C20H28N4O/c1-20(2,14-21)16-4-3-5-17(10-16)23-12-15-11-22-8-6-19(15)24-18-7-9-25-13-18/h3-5,10,18,22-24H,6-9,11-13H2,1-2H3. The molecule has 5 nitrogen and oxygen atoms in total. The largest absolute Gasteiger partial charge is 0.383 e. The Balaban J connectivity index is 1.67. The molecule has 0 radical (unpaired) electrons. The van der Waals surface area contributed by atoms with Gasteiger partial charge in [0.2, 0.25) is 0 Å². The maximum atomic E-state index is 9.34. The normalized spacial score (nSPS) is 21.1. The van der Waals surface area contributed by atoms with Crippen LogP contribution < -0.4 is 16.0 Å². The molecule has 2 aliphatic heterocycles. The average molecular weight is 340 g/mol. The minimum Gasteiger partial charge on any atom is -0.383 e. The van der Waals surface area contributed by atoms with Gasteiger partial charge in [-0.15, -0.1) is 0 Å². The number of hydrogen-bond donors (Lipinski definition) is 3. The van der Waals surface area contributed by atoms with Gasteiger partial charge in [-0.25, -0.2) is 0 Å². The van der Waals surface area contributed by atoms with Gasteiger partial charge in [-0.2, -0.15) is 5.26 Å². The Kier molecular flexibility index (Phi) is 5.62. The highest BCUT2D eigenvalue weighted by Gasteiger charge is 2.21. The first-order chi connectivity index (χ1) is 12.1. The van der Waals surface area contributed by atoms with E-state index in [2.05, 4.69) is 34.2 Å². The second-order valence-corrected chi connectivity index (χ2v) is 7.38. The van der Waals surface area contributed by atoms with E-state index in [4.69, 9.17) is 4.74 Å². The van der Waals surface area contributed by atoms with Crippen LogP contribution in [0.15, 0.2) is 35.5 Å². The van der Waals surface area contributed by atoms with E-state index in [0.29, 0.717) is 6.04 Å². The predicted octanol–water partition coefficient (Wildman–Crippen LogP) is 2.53. The van der Waals surface area contributed by atoms with Crippen LogP contribution in [0.1, 0.15) is 32.3 Å². The van der Waals surface area contributed by atoms with Gasteiger partial charge in [-0.1, -0.05) is 12.1 Å². The maximum Gasteiger partial charge on any atom is 0.0767 e. The van der Waals surface area contributed by atoms with Crippen molar-refractivity contribution in [1.29, 1.82) is 5.26 Å². The molecular weight excluding hydrogens is 312 g/mol. The van der Waals surface area contributed by atoms with Crippen LogP contribution in [0.3, 0.4) is 0 Å². The molecule has 1 aromatic carbocycles. The van der Waals surface area contributed by atoms with Crippen molar-refractivity contribution in [2.75, 3.05) is 38.2 Å². The summed E-state index contributed by atoms with van der Waals surface area (Å²) in [6.07, 6.45) is 2.12. The molecule has 0 amide bonds. The van der Waals surface area contributed by atoms with E-state index in [0.717, 1.165) is 56.9 Å². The number of nitriles is 1. The Morgan fingerprint density at radius 3 is 3.04 bits per heavy atom. The molecule has 0 spiro atoms. The molecule has 134 valence electrons. The molecule has 0 aliphatic carbocycles. The minimum atomic E-state index is -0.474. The van der Waals surface area contributed by atoms with E-state index < -0.39 is 5.41 Å². The van der Waals surface area contributed by atoms with Crippen molar-refractivity contribution in [2.45, 2.75) is 38.1 Å². The van der Waals surface area contributed by atoms with Crippen molar-refractivity contribution in [2.24, 2.45) is 0 Å². The van der Waals surface area contributed by atoms with Crippen LogP contribution in [0.25, 0.3) is 0 Å². The Morgan fingerprint density at radius 2 is 2.28 bits per heavy atom. The van der Waals surface area contributed by atoms with Crippen LogP contribution in [0.5, 0.6) is 0 Å². The van der Waals surface area contributed by atoms with Crippen LogP contribution in [0.4, 0.5) is 5.69 Å². The highest BCUT2D eigenvalue weighted by molar-refractivity contribution is 5.50. The number of nitrogens with zero attached hydrogens (tertiary/aromatic N) is 1. The summed E-state index contributed by atoms with van der Waals surface area (Å²) in [6.45, 7) is 8.30. The number of nitrogens with one attached hydrogen (secondary N) is 3. The molecule has 0 saturated carbocycles. The second-order valence-electron chi connectivity index (χ2n) is 7.38. The summed E-state index contributed by atoms with van der Waals surface area (Å²) in [5.74, 6) is 0. The van der Waals surface area contributed by atoms with Crippen LogP contribution in [0.2, 0.25) is 0 Å². The SMILES string of the molecule is CC(C)(C#N)c1cccc(NCC2=C(NC3CCOC3)CCNC2)c1. The fourth-order valence-electron chi connectivity index (χ4n) is 3.27. The monoisotopic (exact) mass is 340 g/mol. The third-order valence-corrected chi connectivity index (χ3v) is 4.99. The molecular formula is C20H28N4O. The smallest absolute Gasteiger partial charge is 0.0767 e. The summed E-state index contributed by atoms with van der Waals surface area (Å²) in [5, 5.41) is 20.0. The summed E-state index contributed by atoms with van der Waals surface area (Å²) in [6, 6.07) is 11.0. The molecule has 1 aromatic rings.